The van der Waals surface area contributed by atoms with Crippen LogP contribution in [0.5, 0.6) is 0 Å². The molecular weight excluding hydrogens is 258 g/mol. The van der Waals surface area contributed by atoms with Gasteiger partial charge in [-0.05, 0) is 19.9 Å². The van der Waals surface area contributed by atoms with E-state index in [0.717, 1.165) is 13.1 Å². The molecule has 112 valence electrons. The van der Waals surface area contributed by atoms with Crippen LogP contribution in [-0.4, -0.2) is 54.8 Å². The smallest absolute Gasteiger partial charge is 0.200 e. The lowest BCUT2D eigenvalue weighted by Crippen LogP contribution is -2.42. The molecule has 0 saturated carbocycles. The second-order valence-corrected chi connectivity index (χ2v) is 5.09. The number of nitrogens with zero attached hydrogens (tertiary/aromatic N) is 3. The summed E-state index contributed by atoms with van der Waals surface area (Å²) in [6.45, 7) is 6.84. The Labute approximate surface area is 120 Å². The van der Waals surface area contributed by atoms with Crippen molar-refractivity contribution in [1.29, 1.82) is 0 Å². The van der Waals surface area contributed by atoms with Crippen LogP contribution in [-0.2, 0) is 14.2 Å². The number of aromatic nitrogens is 2. The first-order valence-corrected chi connectivity index (χ1v) is 6.89. The molecule has 0 radical (unpaired) electrons. The Morgan fingerprint density at radius 3 is 2.75 bits per heavy atom. The molecule has 2 heterocycles. The highest BCUT2D eigenvalue weighted by molar-refractivity contribution is 5.06. The highest BCUT2D eigenvalue weighted by Crippen LogP contribution is 2.22. The minimum Gasteiger partial charge on any atom is -0.368 e. The lowest BCUT2D eigenvalue weighted by molar-refractivity contribution is -0.109. The standard InChI is InChI=1S/C14H23N3O3/c1-10(2)17-7-8-20-12(9-17)13-15-6-5-11(16-13)14(18-3)19-4/h5-6,10,12,14H,7-9H2,1-4H3. The van der Waals surface area contributed by atoms with E-state index in [1.54, 1.807) is 26.5 Å². The minimum atomic E-state index is -0.471. The molecule has 0 aliphatic carbocycles. The fourth-order valence-electron chi connectivity index (χ4n) is 2.31. The SMILES string of the molecule is COC(OC)c1ccnc(C2CN(C(C)C)CCO2)n1. The number of ether oxygens (including phenoxy) is 3. The summed E-state index contributed by atoms with van der Waals surface area (Å²) in [6, 6.07) is 2.29. The van der Waals surface area contributed by atoms with E-state index in [-0.39, 0.29) is 6.10 Å². The van der Waals surface area contributed by atoms with Crippen molar-refractivity contribution in [3.8, 4) is 0 Å². The summed E-state index contributed by atoms with van der Waals surface area (Å²) in [7, 11) is 3.18. The van der Waals surface area contributed by atoms with E-state index in [1.807, 2.05) is 0 Å². The lowest BCUT2D eigenvalue weighted by atomic mass is 10.2. The Morgan fingerprint density at radius 1 is 1.35 bits per heavy atom. The summed E-state index contributed by atoms with van der Waals surface area (Å²) < 4.78 is 16.2. The Bertz CT molecular complexity index is 424. The van der Waals surface area contributed by atoms with Crippen LogP contribution in [0.3, 0.4) is 0 Å². The zero-order valence-electron chi connectivity index (χ0n) is 12.6. The summed E-state index contributed by atoms with van der Waals surface area (Å²) in [6.07, 6.45) is 1.16. The third-order valence-electron chi connectivity index (χ3n) is 3.48. The third kappa shape index (κ3) is 3.52. The summed E-state index contributed by atoms with van der Waals surface area (Å²) in [5, 5.41) is 0. The van der Waals surface area contributed by atoms with E-state index in [4.69, 9.17) is 14.2 Å². The van der Waals surface area contributed by atoms with Crippen LogP contribution in [0, 0.1) is 0 Å². The van der Waals surface area contributed by atoms with Crippen molar-refractivity contribution in [2.75, 3.05) is 33.9 Å². The number of hydrogen-bond donors (Lipinski definition) is 0. The van der Waals surface area contributed by atoms with Crippen LogP contribution in [0.15, 0.2) is 12.3 Å². The van der Waals surface area contributed by atoms with Gasteiger partial charge in [-0.1, -0.05) is 0 Å². The Hall–Kier alpha value is -1.08. The van der Waals surface area contributed by atoms with E-state index < -0.39 is 6.29 Å². The Morgan fingerprint density at radius 2 is 2.10 bits per heavy atom. The summed E-state index contributed by atoms with van der Waals surface area (Å²) in [5.74, 6) is 0.687. The average molecular weight is 281 g/mol. The monoisotopic (exact) mass is 281 g/mol. The van der Waals surface area contributed by atoms with Crippen molar-refractivity contribution in [2.24, 2.45) is 0 Å². The minimum absolute atomic E-state index is 0.0968. The van der Waals surface area contributed by atoms with Crippen molar-refractivity contribution in [3.05, 3.63) is 23.8 Å². The van der Waals surface area contributed by atoms with Gasteiger partial charge in [-0.15, -0.1) is 0 Å². The summed E-state index contributed by atoms with van der Waals surface area (Å²) >= 11 is 0. The lowest BCUT2D eigenvalue weighted by Gasteiger charge is -2.34. The molecule has 1 aromatic rings. The molecule has 1 saturated heterocycles. The summed E-state index contributed by atoms with van der Waals surface area (Å²) in [4.78, 5) is 11.2. The number of rotatable bonds is 5. The molecule has 2 rings (SSSR count). The molecule has 1 aromatic heterocycles. The van der Waals surface area contributed by atoms with Gasteiger partial charge in [-0.2, -0.15) is 0 Å². The topological polar surface area (TPSA) is 56.7 Å². The van der Waals surface area contributed by atoms with E-state index in [1.165, 1.54) is 0 Å². The van der Waals surface area contributed by atoms with Crippen LogP contribution in [0.2, 0.25) is 0 Å². The third-order valence-corrected chi connectivity index (χ3v) is 3.48. The molecule has 1 aliphatic heterocycles. The van der Waals surface area contributed by atoms with Crippen molar-refractivity contribution in [3.63, 3.8) is 0 Å². The second-order valence-electron chi connectivity index (χ2n) is 5.09. The molecular formula is C14H23N3O3. The number of morpholine rings is 1. The van der Waals surface area contributed by atoms with Crippen LogP contribution < -0.4 is 0 Å². The maximum atomic E-state index is 5.80. The van der Waals surface area contributed by atoms with Crippen molar-refractivity contribution >= 4 is 0 Å². The highest BCUT2D eigenvalue weighted by atomic mass is 16.7. The maximum Gasteiger partial charge on any atom is 0.200 e. The van der Waals surface area contributed by atoms with Crippen LogP contribution >= 0.6 is 0 Å². The first-order chi connectivity index (χ1) is 9.65. The molecule has 0 aromatic carbocycles. The zero-order valence-corrected chi connectivity index (χ0v) is 12.6. The zero-order chi connectivity index (χ0) is 14.5. The number of hydrogen-bond acceptors (Lipinski definition) is 6. The van der Waals surface area contributed by atoms with Gasteiger partial charge in [0.1, 0.15) is 11.8 Å². The molecule has 0 amide bonds. The van der Waals surface area contributed by atoms with Gasteiger partial charge in [0, 0.05) is 39.5 Å². The van der Waals surface area contributed by atoms with E-state index >= 15 is 0 Å². The fourth-order valence-corrected chi connectivity index (χ4v) is 2.31. The molecule has 6 heteroatoms. The van der Waals surface area contributed by atoms with Crippen molar-refractivity contribution < 1.29 is 14.2 Å². The Balaban J connectivity index is 2.14. The first kappa shape index (κ1) is 15.3. The van der Waals surface area contributed by atoms with Gasteiger partial charge in [0.2, 0.25) is 6.29 Å². The van der Waals surface area contributed by atoms with Crippen molar-refractivity contribution in [1.82, 2.24) is 14.9 Å². The normalized spacial score (nSPS) is 20.8. The Kier molecular flexibility index (Phi) is 5.42. The van der Waals surface area contributed by atoms with Gasteiger partial charge in [-0.3, -0.25) is 4.90 Å². The molecule has 0 spiro atoms. The largest absolute Gasteiger partial charge is 0.368 e. The van der Waals surface area contributed by atoms with E-state index in [0.29, 0.717) is 24.2 Å². The fraction of sp³-hybridized carbons (Fsp3) is 0.714. The highest BCUT2D eigenvalue weighted by Gasteiger charge is 2.26. The van der Waals surface area contributed by atoms with Gasteiger partial charge in [0.05, 0.1) is 6.61 Å². The molecule has 0 N–H and O–H groups in total. The van der Waals surface area contributed by atoms with Crippen LogP contribution in [0.1, 0.15) is 37.8 Å². The first-order valence-electron chi connectivity index (χ1n) is 6.89. The van der Waals surface area contributed by atoms with Gasteiger partial charge in [0.25, 0.3) is 0 Å². The molecule has 1 aliphatic rings. The predicted octanol–water partition coefficient (Wildman–Crippen LogP) is 1.55. The predicted molar refractivity (Wildman–Crippen MR) is 74.2 cm³/mol. The van der Waals surface area contributed by atoms with Crippen molar-refractivity contribution in [2.45, 2.75) is 32.3 Å². The van der Waals surface area contributed by atoms with Crippen LogP contribution in [0.25, 0.3) is 0 Å². The van der Waals surface area contributed by atoms with E-state index in [2.05, 4.69) is 28.7 Å². The summed E-state index contributed by atoms with van der Waals surface area (Å²) in [5.41, 5.74) is 0.713. The molecule has 20 heavy (non-hydrogen) atoms. The van der Waals surface area contributed by atoms with Gasteiger partial charge >= 0.3 is 0 Å². The molecule has 1 fully saturated rings. The van der Waals surface area contributed by atoms with Gasteiger partial charge in [0.15, 0.2) is 5.82 Å². The molecule has 0 bridgehead atoms. The quantitative estimate of drug-likeness (QED) is 0.763. The molecule has 1 unspecified atom stereocenters. The van der Waals surface area contributed by atoms with E-state index in [9.17, 15) is 0 Å². The average Bonchev–Trinajstić information content (AvgIpc) is 2.49. The molecule has 6 nitrogen and oxygen atoms in total. The van der Waals surface area contributed by atoms with Crippen LogP contribution in [0.4, 0.5) is 0 Å². The number of methoxy groups -OCH3 is 2. The maximum absolute atomic E-state index is 5.80. The van der Waals surface area contributed by atoms with Gasteiger partial charge in [-0.25, -0.2) is 9.97 Å². The second kappa shape index (κ2) is 7.08. The molecule has 1 atom stereocenters. The van der Waals surface area contributed by atoms with Gasteiger partial charge < -0.3 is 14.2 Å².